The van der Waals surface area contributed by atoms with Crippen LogP contribution in [-0.2, 0) is 9.59 Å². The molecule has 0 spiro atoms. The Morgan fingerprint density at radius 3 is 2.08 bits per heavy atom. The third-order valence-corrected chi connectivity index (χ3v) is 4.36. The maximum Gasteiger partial charge on any atom is 0.260 e. The SMILES string of the molecule is CC(=O)N1CCN(C(=O)COc2ccc(Nc3ccccc3)cc2)CC1. The number of benzene rings is 2. The van der Waals surface area contributed by atoms with Crippen LogP contribution in [0.2, 0.25) is 0 Å². The lowest BCUT2D eigenvalue weighted by molar-refractivity contribution is -0.139. The smallest absolute Gasteiger partial charge is 0.260 e. The van der Waals surface area contributed by atoms with E-state index in [0.717, 1.165) is 11.4 Å². The largest absolute Gasteiger partial charge is 0.484 e. The molecule has 1 aliphatic rings. The van der Waals surface area contributed by atoms with E-state index < -0.39 is 0 Å². The van der Waals surface area contributed by atoms with Crippen LogP contribution in [0.1, 0.15) is 6.92 Å². The van der Waals surface area contributed by atoms with Crippen molar-refractivity contribution in [3.8, 4) is 5.75 Å². The van der Waals surface area contributed by atoms with Crippen LogP contribution in [-0.4, -0.2) is 54.4 Å². The Hall–Kier alpha value is -3.02. The molecule has 3 rings (SSSR count). The summed E-state index contributed by atoms with van der Waals surface area (Å²) in [7, 11) is 0. The van der Waals surface area contributed by atoms with Gasteiger partial charge in [-0.25, -0.2) is 0 Å². The Bertz CT molecular complexity index is 739. The minimum atomic E-state index is -0.0558. The van der Waals surface area contributed by atoms with Gasteiger partial charge >= 0.3 is 0 Å². The first-order valence-corrected chi connectivity index (χ1v) is 8.70. The lowest BCUT2D eigenvalue weighted by Gasteiger charge is -2.34. The number of rotatable bonds is 5. The second kappa shape index (κ2) is 8.38. The van der Waals surface area contributed by atoms with Gasteiger partial charge in [0.1, 0.15) is 5.75 Å². The fraction of sp³-hybridized carbons (Fsp3) is 0.300. The molecule has 0 aliphatic carbocycles. The first-order valence-electron chi connectivity index (χ1n) is 8.70. The topological polar surface area (TPSA) is 61.9 Å². The second-order valence-corrected chi connectivity index (χ2v) is 6.19. The van der Waals surface area contributed by atoms with Crippen molar-refractivity contribution in [3.63, 3.8) is 0 Å². The zero-order valence-electron chi connectivity index (χ0n) is 14.9. The van der Waals surface area contributed by atoms with Crippen molar-refractivity contribution in [3.05, 3.63) is 54.6 Å². The Labute approximate surface area is 153 Å². The van der Waals surface area contributed by atoms with E-state index in [0.29, 0.717) is 31.9 Å². The summed E-state index contributed by atoms with van der Waals surface area (Å²) in [5.74, 6) is 0.650. The minimum Gasteiger partial charge on any atom is -0.484 e. The Morgan fingerprint density at radius 1 is 0.885 bits per heavy atom. The van der Waals surface area contributed by atoms with Gasteiger partial charge in [0.2, 0.25) is 5.91 Å². The standard InChI is InChI=1S/C20H23N3O3/c1-16(24)22-11-13-23(14-12-22)20(25)15-26-19-9-7-18(8-10-19)21-17-5-3-2-4-6-17/h2-10,21H,11-15H2,1H3. The summed E-state index contributed by atoms with van der Waals surface area (Å²) >= 11 is 0. The molecule has 0 atom stereocenters. The molecule has 6 heteroatoms. The summed E-state index contributed by atoms with van der Waals surface area (Å²) < 4.78 is 5.60. The maximum absolute atomic E-state index is 12.2. The number of carbonyl (C=O) groups is 2. The van der Waals surface area contributed by atoms with Crippen LogP contribution in [0.15, 0.2) is 54.6 Å². The van der Waals surface area contributed by atoms with Gasteiger partial charge in [-0.15, -0.1) is 0 Å². The van der Waals surface area contributed by atoms with E-state index in [4.69, 9.17) is 4.74 Å². The molecule has 26 heavy (non-hydrogen) atoms. The van der Waals surface area contributed by atoms with E-state index >= 15 is 0 Å². The van der Waals surface area contributed by atoms with E-state index in [1.54, 1.807) is 16.7 Å². The second-order valence-electron chi connectivity index (χ2n) is 6.19. The van der Waals surface area contributed by atoms with Gasteiger partial charge in [0.25, 0.3) is 5.91 Å². The molecule has 1 aliphatic heterocycles. The monoisotopic (exact) mass is 353 g/mol. The molecule has 0 aromatic heterocycles. The summed E-state index contributed by atoms with van der Waals surface area (Å²) in [5.41, 5.74) is 1.97. The van der Waals surface area contributed by atoms with Gasteiger partial charge in [-0.2, -0.15) is 0 Å². The zero-order valence-corrected chi connectivity index (χ0v) is 14.9. The van der Waals surface area contributed by atoms with Crippen LogP contribution in [0.25, 0.3) is 0 Å². The van der Waals surface area contributed by atoms with Gasteiger partial charge in [0.05, 0.1) is 0 Å². The van der Waals surface area contributed by atoms with Crippen LogP contribution in [0.4, 0.5) is 11.4 Å². The van der Waals surface area contributed by atoms with E-state index in [2.05, 4.69) is 5.32 Å². The number of hydrogen-bond acceptors (Lipinski definition) is 4. The summed E-state index contributed by atoms with van der Waals surface area (Å²) in [5, 5.41) is 3.30. The number of anilines is 2. The number of nitrogens with zero attached hydrogens (tertiary/aromatic N) is 2. The molecule has 1 N–H and O–H groups in total. The molecular formula is C20H23N3O3. The average Bonchev–Trinajstić information content (AvgIpc) is 2.68. The van der Waals surface area contributed by atoms with Crippen molar-refractivity contribution >= 4 is 23.2 Å². The Kier molecular flexibility index (Phi) is 5.73. The average molecular weight is 353 g/mol. The number of amides is 2. The van der Waals surface area contributed by atoms with Crippen LogP contribution in [0.5, 0.6) is 5.75 Å². The number of hydrogen-bond donors (Lipinski definition) is 1. The highest BCUT2D eigenvalue weighted by Crippen LogP contribution is 2.20. The van der Waals surface area contributed by atoms with Crippen molar-refractivity contribution in [1.82, 2.24) is 9.80 Å². The van der Waals surface area contributed by atoms with Crippen molar-refractivity contribution in [2.45, 2.75) is 6.92 Å². The molecule has 2 amide bonds. The van der Waals surface area contributed by atoms with Gasteiger partial charge in [0.15, 0.2) is 6.61 Å². The van der Waals surface area contributed by atoms with Gasteiger partial charge in [0, 0.05) is 44.5 Å². The summed E-state index contributed by atoms with van der Waals surface area (Å²) in [6.45, 7) is 3.84. The molecule has 1 saturated heterocycles. The van der Waals surface area contributed by atoms with Crippen LogP contribution >= 0.6 is 0 Å². The normalized spacial score (nSPS) is 14.0. The highest BCUT2D eigenvalue weighted by Gasteiger charge is 2.22. The molecule has 1 heterocycles. The van der Waals surface area contributed by atoms with Crippen molar-refractivity contribution in [1.29, 1.82) is 0 Å². The van der Waals surface area contributed by atoms with Gasteiger partial charge in [-0.3, -0.25) is 9.59 Å². The van der Waals surface area contributed by atoms with E-state index in [9.17, 15) is 9.59 Å². The summed E-state index contributed by atoms with van der Waals surface area (Å²) in [4.78, 5) is 27.1. The predicted octanol–water partition coefficient (Wildman–Crippen LogP) is 2.50. The number of piperazine rings is 1. The fourth-order valence-electron chi connectivity index (χ4n) is 2.83. The molecule has 0 bridgehead atoms. The quantitative estimate of drug-likeness (QED) is 0.897. The van der Waals surface area contributed by atoms with E-state index in [1.807, 2.05) is 54.6 Å². The molecule has 2 aromatic rings. The van der Waals surface area contributed by atoms with Gasteiger partial charge in [-0.05, 0) is 36.4 Å². The Balaban J connectivity index is 1.46. The van der Waals surface area contributed by atoms with Gasteiger partial charge in [-0.1, -0.05) is 18.2 Å². The third kappa shape index (κ3) is 4.75. The molecule has 0 unspecified atom stereocenters. The lowest BCUT2D eigenvalue weighted by atomic mass is 10.2. The molecular weight excluding hydrogens is 330 g/mol. The van der Waals surface area contributed by atoms with Crippen molar-refractivity contribution < 1.29 is 14.3 Å². The number of nitrogens with one attached hydrogen (secondary N) is 1. The highest BCUT2D eigenvalue weighted by atomic mass is 16.5. The van der Waals surface area contributed by atoms with Crippen LogP contribution < -0.4 is 10.1 Å². The number of carbonyl (C=O) groups excluding carboxylic acids is 2. The highest BCUT2D eigenvalue weighted by molar-refractivity contribution is 5.78. The van der Waals surface area contributed by atoms with Crippen LogP contribution in [0, 0.1) is 0 Å². The van der Waals surface area contributed by atoms with Crippen LogP contribution in [0.3, 0.4) is 0 Å². The minimum absolute atomic E-state index is 0.00549. The van der Waals surface area contributed by atoms with E-state index in [1.165, 1.54) is 0 Å². The third-order valence-electron chi connectivity index (χ3n) is 4.36. The molecule has 6 nitrogen and oxygen atoms in total. The molecule has 1 fully saturated rings. The van der Waals surface area contributed by atoms with Crippen molar-refractivity contribution in [2.75, 3.05) is 38.1 Å². The lowest BCUT2D eigenvalue weighted by Crippen LogP contribution is -2.51. The fourth-order valence-corrected chi connectivity index (χ4v) is 2.83. The van der Waals surface area contributed by atoms with Crippen molar-refractivity contribution in [2.24, 2.45) is 0 Å². The molecule has 136 valence electrons. The predicted molar refractivity (Wildman–Crippen MR) is 100 cm³/mol. The first-order chi connectivity index (χ1) is 12.6. The van der Waals surface area contributed by atoms with E-state index in [-0.39, 0.29) is 18.4 Å². The molecule has 0 saturated carbocycles. The first kappa shape index (κ1) is 17.8. The molecule has 0 radical (unpaired) electrons. The maximum atomic E-state index is 12.2. The Morgan fingerprint density at radius 2 is 1.46 bits per heavy atom. The molecule has 2 aromatic carbocycles. The summed E-state index contributed by atoms with van der Waals surface area (Å²) in [6.07, 6.45) is 0. The summed E-state index contributed by atoms with van der Waals surface area (Å²) in [6, 6.07) is 17.4. The number of ether oxygens (including phenoxy) is 1. The van der Waals surface area contributed by atoms with Gasteiger partial charge < -0.3 is 19.9 Å². The zero-order chi connectivity index (χ0) is 18.4. The number of para-hydroxylation sites is 1.